The van der Waals surface area contributed by atoms with Gasteiger partial charge < -0.3 is 5.32 Å². The molecule has 14 heavy (non-hydrogen) atoms. The monoisotopic (exact) mass is 198 g/mol. The van der Waals surface area contributed by atoms with Crippen molar-refractivity contribution in [3.63, 3.8) is 0 Å². The summed E-state index contributed by atoms with van der Waals surface area (Å²) in [7, 11) is 0. The maximum absolute atomic E-state index is 11.6. The van der Waals surface area contributed by atoms with Crippen LogP contribution in [0, 0.1) is 5.92 Å². The third kappa shape index (κ3) is 2.07. The minimum absolute atomic E-state index is 0.127. The largest absolute Gasteiger partial charge is 0.316 e. The Balaban J connectivity index is 1.89. The van der Waals surface area contributed by atoms with Crippen molar-refractivity contribution in [2.45, 2.75) is 32.3 Å². The molecule has 4 nitrogen and oxygen atoms in total. The van der Waals surface area contributed by atoms with Gasteiger partial charge >= 0.3 is 0 Å². The Morgan fingerprint density at radius 3 is 2.93 bits per heavy atom. The molecule has 2 fully saturated rings. The zero-order chi connectivity index (χ0) is 10.2. The van der Waals surface area contributed by atoms with Crippen LogP contribution in [0.15, 0.2) is 0 Å². The molecule has 2 aliphatic heterocycles. The second-order valence-electron chi connectivity index (χ2n) is 4.84. The summed E-state index contributed by atoms with van der Waals surface area (Å²) >= 11 is 0. The predicted molar refractivity (Wildman–Crippen MR) is 52.5 cm³/mol. The molecule has 1 unspecified atom stereocenters. The molecule has 0 saturated carbocycles. The van der Waals surface area contributed by atoms with Crippen LogP contribution in [0.3, 0.4) is 0 Å². The van der Waals surface area contributed by atoms with Crippen LogP contribution in [0.4, 0.5) is 0 Å². The normalized spacial score (nSPS) is 31.4. The third-order valence-corrected chi connectivity index (χ3v) is 2.80. The highest BCUT2D eigenvalue weighted by Crippen LogP contribution is 2.27. The molecule has 4 heteroatoms. The summed E-state index contributed by atoms with van der Waals surface area (Å²) in [5.74, 6) is 0.690. The Labute approximate surface area is 84.6 Å². The lowest BCUT2D eigenvalue weighted by molar-refractivity contribution is -0.194. The second kappa shape index (κ2) is 3.51. The zero-order valence-electron chi connectivity index (χ0n) is 8.88. The van der Waals surface area contributed by atoms with Gasteiger partial charge in [-0.15, -0.1) is 0 Å². The second-order valence-corrected chi connectivity index (χ2v) is 4.84. The minimum Gasteiger partial charge on any atom is -0.316 e. The fourth-order valence-electron chi connectivity index (χ4n) is 2.08. The summed E-state index contributed by atoms with van der Waals surface area (Å²) in [6, 6.07) is 0. The smallest absolute Gasteiger partial charge is 0.249 e. The maximum atomic E-state index is 11.6. The average molecular weight is 198 g/mol. The van der Waals surface area contributed by atoms with Gasteiger partial charge in [-0.25, -0.2) is 5.06 Å². The standard InChI is InChI=1S/C10H18N2O2/c1-10(2)5-9(13)12(14-10)7-8-3-4-11-6-8/h8,11H,3-7H2,1-2H3. The van der Waals surface area contributed by atoms with Crippen molar-refractivity contribution in [3.8, 4) is 0 Å². The molecule has 0 aromatic heterocycles. The van der Waals surface area contributed by atoms with Gasteiger partial charge in [-0.3, -0.25) is 9.63 Å². The number of carbonyl (C=O) groups is 1. The molecule has 2 saturated heterocycles. The van der Waals surface area contributed by atoms with Gasteiger partial charge in [-0.2, -0.15) is 0 Å². The molecule has 0 aromatic carbocycles. The van der Waals surface area contributed by atoms with E-state index in [-0.39, 0.29) is 11.5 Å². The van der Waals surface area contributed by atoms with Crippen molar-refractivity contribution in [2.75, 3.05) is 19.6 Å². The van der Waals surface area contributed by atoms with Crippen LogP contribution in [0.5, 0.6) is 0 Å². The molecule has 1 atom stereocenters. The molecule has 1 amide bonds. The molecule has 0 aliphatic carbocycles. The molecule has 0 aromatic rings. The number of hydrogen-bond donors (Lipinski definition) is 1. The van der Waals surface area contributed by atoms with Gasteiger partial charge in [0.05, 0.1) is 18.6 Å². The van der Waals surface area contributed by atoms with Gasteiger partial charge in [0.2, 0.25) is 5.91 Å². The van der Waals surface area contributed by atoms with E-state index in [4.69, 9.17) is 4.84 Å². The van der Waals surface area contributed by atoms with Crippen LogP contribution in [-0.4, -0.2) is 36.2 Å². The van der Waals surface area contributed by atoms with Crippen molar-refractivity contribution < 1.29 is 9.63 Å². The van der Waals surface area contributed by atoms with E-state index in [0.717, 1.165) is 26.1 Å². The fraction of sp³-hybridized carbons (Fsp3) is 0.900. The summed E-state index contributed by atoms with van der Waals surface area (Å²) in [6.07, 6.45) is 1.65. The van der Waals surface area contributed by atoms with E-state index in [2.05, 4.69) is 5.32 Å². The highest BCUT2D eigenvalue weighted by atomic mass is 16.7. The molecule has 80 valence electrons. The van der Waals surface area contributed by atoms with Crippen LogP contribution < -0.4 is 5.32 Å². The Kier molecular flexibility index (Phi) is 2.49. The van der Waals surface area contributed by atoms with Gasteiger partial charge in [-0.05, 0) is 39.3 Å². The van der Waals surface area contributed by atoms with E-state index in [0.29, 0.717) is 12.3 Å². The Morgan fingerprint density at radius 2 is 2.43 bits per heavy atom. The van der Waals surface area contributed by atoms with Gasteiger partial charge in [0.15, 0.2) is 0 Å². The number of rotatable bonds is 2. The van der Waals surface area contributed by atoms with E-state index in [1.807, 2.05) is 13.8 Å². The third-order valence-electron chi connectivity index (χ3n) is 2.80. The maximum Gasteiger partial charge on any atom is 0.249 e. The Morgan fingerprint density at radius 1 is 1.64 bits per heavy atom. The van der Waals surface area contributed by atoms with Crippen LogP contribution in [-0.2, 0) is 9.63 Å². The summed E-state index contributed by atoms with van der Waals surface area (Å²) in [4.78, 5) is 17.1. The number of carbonyl (C=O) groups excluding carboxylic acids is 1. The summed E-state index contributed by atoms with van der Waals surface area (Å²) < 4.78 is 0. The van der Waals surface area contributed by atoms with E-state index in [1.165, 1.54) is 0 Å². The molecule has 0 bridgehead atoms. The Hall–Kier alpha value is -0.610. The number of nitrogens with one attached hydrogen (secondary N) is 1. The first kappa shape index (κ1) is 9.93. The molecule has 2 heterocycles. The number of hydrogen-bond acceptors (Lipinski definition) is 3. The molecule has 0 radical (unpaired) electrons. The van der Waals surface area contributed by atoms with Crippen LogP contribution in [0.2, 0.25) is 0 Å². The molecule has 0 spiro atoms. The number of amides is 1. The molecular formula is C10H18N2O2. The number of hydroxylamine groups is 2. The molecule has 2 rings (SSSR count). The van der Waals surface area contributed by atoms with Crippen molar-refractivity contribution in [2.24, 2.45) is 5.92 Å². The highest BCUT2D eigenvalue weighted by Gasteiger charge is 2.38. The highest BCUT2D eigenvalue weighted by molar-refractivity contribution is 5.77. The van der Waals surface area contributed by atoms with Crippen molar-refractivity contribution in [3.05, 3.63) is 0 Å². The van der Waals surface area contributed by atoms with E-state index in [1.54, 1.807) is 5.06 Å². The number of nitrogens with zero attached hydrogens (tertiary/aromatic N) is 1. The zero-order valence-corrected chi connectivity index (χ0v) is 8.88. The first-order chi connectivity index (χ1) is 6.57. The van der Waals surface area contributed by atoms with Crippen LogP contribution >= 0.6 is 0 Å². The quantitative estimate of drug-likeness (QED) is 0.704. The summed E-state index contributed by atoms with van der Waals surface area (Å²) in [5.41, 5.74) is -0.302. The van der Waals surface area contributed by atoms with E-state index in [9.17, 15) is 4.79 Å². The average Bonchev–Trinajstić information content (AvgIpc) is 2.61. The molecule has 2 aliphatic rings. The van der Waals surface area contributed by atoms with Gasteiger partial charge in [0.25, 0.3) is 0 Å². The van der Waals surface area contributed by atoms with E-state index < -0.39 is 0 Å². The lowest BCUT2D eigenvalue weighted by atomic mass is 10.1. The summed E-state index contributed by atoms with van der Waals surface area (Å²) in [5, 5.41) is 4.84. The Bertz CT molecular complexity index is 234. The lowest BCUT2D eigenvalue weighted by Crippen LogP contribution is -2.32. The lowest BCUT2D eigenvalue weighted by Gasteiger charge is -2.22. The van der Waals surface area contributed by atoms with Crippen molar-refractivity contribution in [1.82, 2.24) is 10.4 Å². The van der Waals surface area contributed by atoms with Gasteiger partial charge in [0, 0.05) is 0 Å². The van der Waals surface area contributed by atoms with Crippen molar-refractivity contribution in [1.29, 1.82) is 0 Å². The topological polar surface area (TPSA) is 41.6 Å². The van der Waals surface area contributed by atoms with E-state index >= 15 is 0 Å². The predicted octanol–water partition coefficient (Wildman–Crippen LogP) is 0.538. The minimum atomic E-state index is -0.302. The van der Waals surface area contributed by atoms with Gasteiger partial charge in [-0.1, -0.05) is 0 Å². The fourth-order valence-corrected chi connectivity index (χ4v) is 2.08. The van der Waals surface area contributed by atoms with Crippen molar-refractivity contribution >= 4 is 5.91 Å². The first-order valence-electron chi connectivity index (χ1n) is 5.27. The van der Waals surface area contributed by atoms with Crippen LogP contribution in [0.25, 0.3) is 0 Å². The SMILES string of the molecule is CC1(C)CC(=O)N(CC2CCNC2)O1. The van der Waals surface area contributed by atoms with Crippen LogP contribution in [0.1, 0.15) is 26.7 Å². The molecular weight excluding hydrogens is 180 g/mol. The summed E-state index contributed by atoms with van der Waals surface area (Å²) in [6.45, 7) is 6.73. The molecule has 1 N–H and O–H groups in total. The first-order valence-corrected chi connectivity index (χ1v) is 5.27. The van der Waals surface area contributed by atoms with Gasteiger partial charge in [0.1, 0.15) is 0 Å².